The van der Waals surface area contributed by atoms with Crippen molar-refractivity contribution < 1.29 is 4.74 Å². The van der Waals surface area contributed by atoms with Crippen LogP contribution in [0.3, 0.4) is 0 Å². The van der Waals surface area contributed by atoms with Crippen LogP contribution in [-0.4, -0.2) is 31.2 Å². The van der Waals surface area contributed by atoms with Crippen molar-refractivity contribution in [2.24, 2.45) is 0 Å². The van der Waals surface area contributed by atoms with Gasteiger partial charge in [-0.1, -0.05) is 24.3 Å². The summed E-state index contributed by atoms with van der Waals surface area (Å²) < 4.78 is 5.28. The topological polar surface area (TPSA) is 12.5 Å². The van der Waals surface area contributed by atoms with Gasteiger partial charge in [0.15, 0.2) is 0 Å². The third kappa shape index (κ3) is 3.38. The molecule has 1 aliphatic heterocycles. The van der Waals surface area contributed by atoms with Crippen LogP contribution in [0, 0.1) is 0 Å². The predicted octanol–water partition coefficient (Wildman–Crippen LogP) is 2.35. The first-order valence-electron chi connectivity index (χ1n) is 5.06. The van der Waals surface area contributed by atoms with Crippen LogP contribution in [0.5, 0.6) is 0 Å². The van der Waals surface area contributed by atoms with Gasteiger partial charge in [0.2, 0.25) is 0 Å². The van der Waals surface area contributed by atoms with Crippen LogP contribution < -0.4 is 0 Å². The van der Waals surface area contributed by atoms with Gasteiger partial charge in [0.05, 0.1) is 13.2 Å². The maximum Gasteiger partial charge on any atom is 0.0642 e. The first-order chi connectivity index (χ1) is 6.74. The molecule has 1 fully saturated rings. The van der Waals surface area contributed by atoms with Gasteiger partial charge in [-0.3, -0.25) is 0 Å². The summed E-state index contributed by atoms with van der Waals surface area (Å²) in [5.41, 5.74) is 2.34. The number of ether oxygens (including phenoxy) is 1. The fourth-order valence-corrected chi connectivity index (χ4v) is 1.28. The minimum atomic E-state index is 0.815. The average Bonchev–Trinajstić information content (AvgIpc) is 2.26. The number of rotatable bonds is 3. The molecule has 0 aliphatic carbocycles. The van der Waals surface area contributed by atoms with Gasteiger partial charge in [0.1, 0.15) is 0 Å². The Bertz CT molecular complexity index is 247. The van der Waals surface area contributed by atoms with Crippen molar-refractivity contribution in [1.29, 1.82) is 0 Å². The van der Waals surface area contributed by atoms with Crippen molar-refractivity contribution >= 4 is 0 Å². The highest BCUT2D eigenvalue weighted by Gasteiger charge is 2.09. The molecule has 0 atom stereocenters. The molecule has 0 radical (unpaired) electrons. The van der Waals surface area contributed by atoms with Gasteiger partial charge in [-0.25, -0.2) is 0 Å². The second kappa shape index (κ2) is 5.66. The van der Waals surface area contributed by atoms with E-state index >= 15 is 0 Å². The zero-order valence-corrected chi connectivity index (χ0v) is 9.12. The molecule has 1 heterocycles. The van der Waals surface area contributed by atoms with Crippen LogP contribution in [0.4, 0.5) is 0 Å². The SMILES string of the molecule is C=C(/C=C\C(C)=C/C)N1CCOCC1. The molecule has 2 nitrogen and oxygen atoms in total. The molecule has 0 unspecified atom stereocenters. The predicted molar refractivity (Wildman–Crippen MR) is 60.1 cm³/mol. The van der Waals surface area contributed by atoms with E-state index in [1.807, 2.05) is 6.92 Å². The van der Waals surface area contributed by atoms with E-state index < -0.39 is 0 Å². The van der Waals surface area contributed by atoms with Crippen LogP contribution in [0.1, 0.15) is 13.8 Å². The number of nitrogens with zero attached hydrogens (tertiary/aromatic N) is 1. The first-order valence-corrected chi connectivity index (χ1v) is 5.06. The maximum atomic E-state index is 5.28. The molecular weight excluding hydrogens is 174 g/mol. The van der Waals surface area contributed by atoms with E-state index in [1.54, 1.807) is 0 Å². The molecule has 1 rings (SSSR count). The molecule has 1 aliphatic rings. The van der Waals surface area contributed by atoms with Gasteiger partial charge in [-0.15, -0.1) is 0 Å². The van der Waals surface area contributed by atoms with Crippen LogP contribution >= 0.6 is 0 Å². The fraction of sp³-hybridized carbons (Fsp3) is 0.500. The summed E-state index contributed by atoms with van der Waals surface area (Å²) in [5.74, 6) is 0. The smallest absolute Gasteiger partial charge is 0.0642 e. The molecule has 0 aromatic heterocycles. The minimum absolute atomic E-state index is 0.815. The van der Waals surface area contributed by atoms with Crippen molar-refractivity contribution in [1.82, 2.24) is 4.90 Å². The van der Waals surface area contributed by atoms with E-state index in [0.29, 0.717) is 0 Å². The van der Waals surface area contributed by atoms with E-state index in [9.17, 15) is 0 Å². The van der Waals surface area contributed by atoms with Crippen LogP contribution in [0.2, 0.25) is 0 Å². The largest absolute Gasteiger partial charge is 0.378 e. The Hall–Kier alpha value is -1.02. The van der Waals surface area contributed by atoms with Crippen LogP contribution in [0.15, 0.2) is 36.1 Å². The Labute approximate surface area is 86.6 Å². The Balaban J connectivity index is 2.44. The molecule has 14 heavy (non-hydrogen) atoms. The van der Waals surface area contributed by atoms with Gasteiger partial charge in [-0.2, -0.15) is 0 Å². The Morgan fingerprint density at radius 1 is 1.29 bits per heavy atom. The minimum Gasteiger partial charge on any atom is -0.378 e. The summed E-state index contributed by atoms with van der Waals surface area (Å²) in [6, 6.07) is 0. The number of hydrogen-bond acceptors (Lipinski definition) is 2. The van der Waals surface area contributed by atoms with Crippen LogP contribution in [0.25, 0.3) is 0 Å². The molecule has 2 heteroatoms. The lowest BCUT2D eigenvalue weighted by Crippen LogP contribution is -2.34. The Kier molecular flexibility index (Phi) is 4.47. The van der Waals surface area contributed by atoms with Crippen molar-refractivity contribution in [2.75, 3.05) is 26.3 Å². The van der Waals surface area contributed by atoms with E-state index in [0.717, 1.165) is 32.0 Å². The fourth-order valence-electron chi connectivity index (χ4n) is 1.28. The first kappa shape index (κ1) is 11.1. The molecule has 0 N–H and O–H groups in total. The van der Waals surface area contributed by atoms with Gasteiger partial charge in [0.25, 0.3) is 0 Å². The molecule has 0 saturated carbocycles. The lowest BCUT2D eigenvalue weighted by molar-refractivity contribution is 0.0556. The molecular formula is C12H19NO. The molecule has 0 aromatic carbocycles. The lowest BCUT2D eigenvalue weighted by Gasteiger charge is -2.29. The van der Waals surface area contributed by atoms with Gasteiger partial charge < -0.3 is 9.64 Å². The maximum absolute atomic E-state index is 5.28. The number of allylic oxidation sites excluding steroid dienone is 4. The summed E-state index contributed by atoms with van der Waals surface area (Å²) in [6.45, 7) is 11.7. The summed E-state index contributed by atoms with van der Waals surface area (Å²) >= 11 is 0. The number of morpholine rings is 1. The molecule has 1 saturated heterocycles. The zero-order valence-electron chi connectivity index (χ0n) is 9.12. The Morgan fingerprint density at radius 3 is 2.50 bits per heavy atom. The van der Waals surface area contributed by atoms with E-state index in [2.05, 4.69) is 36.6 Å². The monoisotopic (exact) mass is 193 g/mol. The van der Waals surface area contributed by atoms with Gasteiger partial charge in [-0.05, 0) is 19.9 Å². The second-order valence-corrected chi connectivity index (χ2v) is 3.46. The van der Waals surface area contributed by atoms with E-state index in [4.69, 9.17) is 4.74 Å². The standard InChI is InChI=1S/C12H19NO/c1-4-11(2)5-6-12(3)13-7-9-14-10-8-13/h4-6H,3,7-10H2,1-2H3/b6-5-,11-4-. The third-order valence-electron chi connectivity index (χ3n) is 2.41. The van der Waals surface area contributed by atoms with Crippen molar-refractivity contribution in [3.8, 4) is 0 Å². The van der Waals surface area contributed by atoms with Crippen molar-refractivity contribution in [2.45, 2.75) is 13.8 Å². The van der Waals surface area contributed by atoms with Crippen LogP contribution in [-0.2, 0) is 4.74 Å². The van der Waals surface area contributed by atoms with E-state index in [-0.39, 0.29) is 0 Å². The van der Waals surface area contributed by atoms with Gasteiger partial charge >= 0.3 is 0 Å². The summed E-state index contributed by atoms with van der Waals surface area (Å²) in [7, 11) is 0. The summed E-state index contributed by atoms with van der Waals surface area (Å²) in [6.07, 6.45) is 6.25. The third-order valence-corrected chi connectivity index (χ3v) is 2.41. The normalized spacial score (nSPS) is 19.0. The van der Waals surface area contributed by atoms with Gasteiger partial charge in [0, 0.05) is 18.8 Å². The summed E-state index contributed by atoms with van der Waals surface area (Å²) in [5, 5.41) is 0. The highest BCUT2D eigenvalue weighted by Crippen LogP contribution is 2.08. The molecule has 0 bridgehead atoms. The zero-order chi connectivity index (χ0) is 10.4. The number of hydrogen-bond donors (Lipinski definition) is 0. The highest BCUT2D eigenvalue weighted by atomic mass is 16.5. The van der Waals surface area contributed by atoms with Crippen molar-refractivity contribution in [3.05, 3.63) is 36.1 Å². The van der Waals surface area contributed by atoms with Crippen molar-refractivity contribution in [3.63, 3.8) is 0 Å². The highest BCUT2D eigenvalue weighted by molar-refractivity contribution is 5.23. The lowest BCUT2D eigenvalue weighted by atomic mass is 10.2. The van der Waals surface area contributed by atoms with E-state index in [1.165, 1.54) is 5.57 Å². The molecule has 0 amide bonds. The second-order valence-electron chi connectivity index (χ2n) is 3.46. The average molecular weight is 193 g/mol. The summed E-state index contributed by atoms with van der Waals surface area (Å²) in [4.78, 5) is 2.25. The molecule has 0 aromatic rings. The molecule has 78 valence electrons. The Morgan fingerprint density at radius 2 is 1.93 bits per heavy atom. The quantitative estimate of drug-likeness (QED) is 0.638. The molecule has 0 spiro atoms.